The maximum absolute atomic E-state index is 12.4. The third-order valence-corrected chi connectivity index (χ3v) is 8.53. The number of nitrogens with zero attached hydrogens (tertiary/aromatic N) is 5. The molecule has 1 amide bonds. The van der Waals surface area contributed by atoms with Crippen LogP contribution in [0.15, 0.2) is 48.7 Å². The molecule has 3 aromatic rings. The van der Waals surface area contributed by atoms with Crippen molar-refractivity contribution >= 4 is 28.4 Å². The van der Waals surface area contributed by atoms with Crippen LogP contribution in [0.4, 0.5) is 16.2 Å². The Morgan fingerprint density at radius 1 is 1.10 bits per heavy atom. The molecule has 1 N–H and O–H groups in total. The standard InChI is InChI=1S/C32H38N6O3/c1-20-15-37(27-11-8-21(14-33)30-25(27)7-6-12-34-30)18-28-24-10-9-23(13-22(24)16-38(20)28)36-17-26(29(19-36)40-5)35-31(39)41-32(2,3)4/h6-13,20,26,28-29H,15-19H2,1-5H3,(H,35,39)/t20-,26-,28-,29-/m1/s1. The maximum atomic E-state index is 12.4. The summed E-state index contributed by atoms with van der Waals surface area (Å²) in [7, 11) is 1.69. The van der Waals surface area contributed by atoms with Gasteiger partial charge in [-0.25, -0.2) is 4.79 Å². The number of hydrogen-bond acceptors (Lipinski definition) is 8. The van der Waals surface area contributed by atoms with E-state index in [2.05, 4.69) is 68.3 Å². The van der Waals surface area contributed by atoms with Crippen molar-refractivity contribution in [3.8, 4) is 6.07 Å². The Balaban J connectivity index is 1.21. The number of ether oxygens (including phenoxy) is 2. The molecule has 4 heterocycles. The molecule has 4 atom stereocenters. The zero-order chi connectivity index (χ0) is 28.9. The number of fused-ring (bicyclic) bond motifs is 4. The predicted octanol–water partition coefficient (Wildman–Crippen LogP) is 4.60. The summed E-state index contributed by atoms with van der Waals surface area (Å²) in [4.78, 5) is 24.3. The Morgan fingerprint density at radius 2 is 1.93 bits per heavy atom. The monoisotopic (exact) mass is 554 g/mol. The fourth-order valence-electron chi connectivity index (χ4n) is 6.65. The van der Waals surface area contributed by atoms with Crippen LogP contribution in [0.1, 0.15) is 50.4 Å². The minimum absolute atomic E-state index is 0.118. The van der Waals surface area contributed by atoms with E-state index in [1.807, 2.05) is 32.9 Å². The van der Waals surface area contributed by atoms with Crippen LogP contribution in [0.2, 0.25) is 0 Å². The van der Waals surface area contributed by atoms with E-state index in [-0.39, 0.29) is 18.2 Å². The van der Waals surface area contributed by atoms with Crippen molar-refractivity contribution in [1.29, 1.82) is 5.26 Å². The number of piperazine rings is 1. The van der Waals surface area contributed by atoms with Gasteiger partial charge in [0.2, 0.25) is 0 Å². The van der Waals surface area contributed by atoms with Gasteiger partial charge in [0.1, 0.15) is 11.7 Å². The lowest BCUT2D eigenvalue weighted by Gasteiger charge is -2.43. The molecule has 9 nitrogen and oxygen atoms in total. The van der Waals surface area contributed by atoms with E-state index in [0.29, 0.717) is 24.7 Å². The van der Waals surface area contributed by atoms with Crippen LogP contribution in [-0.4, -0.2) is 73.1 Å². The summed E-state index contributed by atoms with van der Waals surface area (Å²) in [6.45, 7) is 12.0. The Kier molecular flexibility index (Phi) is 7.00. The lowest BCUT2D eigenvalue weighted by atomic mass is 9.99. The van der Waals surface area contributed by atoms with Gasteiger partial charge in [-0.15, -0.1) is 0 Å². The van der Waals surface area contributed by atoms with Gasteiger partial charge in [-0.2, -0.15) is 5.26 Å². The number of hydrogen-bond donors (Lipinski definition) is 1. The molecule has 41 heavy (non-hydrogen) atoms. The molecule has 214 valence electrons. The number of amides is 1. The van der Waals surface area contributed by atoms with E-state index in [0.717, 1.165) is 41.9 Å². The van der Waals surface area contributed by atoms with Crippen LogP contribution < -0.4 is 15.1 Å². The number of aromatic nitrogens is 1. The van der Waals surface area contributed by atoms with Gasteiger partial charge in [-0.3, -0.25) is 9.88 Å². The van der Waals surface area contributed by atoms with Gasteiger partial charge in [0.05, 0.1) is 29.3 Å². The zero-order valence-corrected chi connectivity index (χ0v) is 24.4. The van der Waals surface area contributed by atoms with Crippen molar-refractivity contribution in [1.82, 2.24) is 15.2 Å². The highest BCUT2D eigenvalue weighted by atomic mass is 16.6. The highest BCUT2D eigenvalue weighted by Crippen LogP contribution is 2.42. The minimum Gasteiger partial charge on any atom is -0.444 e. The number of carbonyl (C=O) groups excluding carboxylic acids is 1. The summed E-state index contributed by atoms with van der Waals surface area (Å²) in [6.07, 6.45) is 1.22. The SMILES string of the molecule is CO[C@@H]1CN(c2ccc3c(c2)CN2[C@H](C)CN(c4ccc(C#N)c5ncccc45)C[C@H]32)C[C@H]1NC(=O)OC(C)(C)C. The fraction of sp³-hybridized carbons (Fsp3) is 0.469. The van der Waals surface area contributed by atoms with Crippen molar-refractivity contribution in [2.45, 2.75) is 64.1 Å². The number of rotatable bonds is 4. The third-order valence-electron chi connectivity index (χ3n) is 8.53. The maximum Gasteiger partial charge on any atom is 0.408 e. The topological polar surface area (TPSA) is 94.0 Å². The largest absolute Gasteiger partial charge is 0.444 e. The molecule has 0 radical (unpaired) electrons. The van der Waals surface area contributed by atoms with Crippen LogP contribution >= 0.6 is 0 Å². The molecule has 3 aliphatic rings. The lowest BCUT2D eigenvalue weighted by molar-refractivity contribution is 0.0417. The van der Waals surface area contributed by atoms with Gasteiger partial charge in [-0.1, -0.05) is 6.07 Å². The number of alkyl carbamates (subject to hydrolysis) is 1. The highest BCUT2D eigenvalue weighted by Gasteiger charge is 2.40. The number of nitriles is 1. The lowest BCUT2D eigenvalue weighted by Crippen LogP contribution is -2.51. The van der Waals surface area contributed by atoms with E-state index in [9.17, 15) is 10.1 Å². The molecule has 6 rings (SSSR count). The number of anilines is 2. The normalized spacial score (nSPS) is 24.2. The van der Waals surface area contributed by atoms with Crippen molar-refractivity contribution in [3.63, 3.8) is 0 Å². The Labute approximate surface area is 241 Å². The second kappa shape index (κ2) is 10.5. The predicted molar refractivity (Wildman–Crippen MR) is 159 cm³/mol. The average Bonchev–Trinajstić information content (AvgIpc) is 3.52. The van der Waals surface area contributed by atoms with E-state index in [1.165, 1.54) is 11.1 Å². The molecule has 0 spiro atoms. The average molecular weight is 555 g/mol. The number of pyridine rings is 1. The Hall–Kier alpha value is -3.87. The smallest absolute Gasteiger partial charge is 0.408 e. The van der Waals surface area contributed by atoms with E-state index >= 15 is 0 Å². The molecule has 0 aliphatic carbocycles. The Bertz CT molecular complexity index is 1510. The molecule has 0 bridgehead atoms. The van der Waals surface area contributed by atoms with E-state index < -0.39 is 11.7 Å². The van der Waals surface area contributed by atoms with Crippen LogP contribution in [0.5, 0.6) is 0 Å². The molecule has 9 heteroatoms. The summed E-state index contributed by atoms with van der Waals surface area (Å²) >= 11 is 0. The van der Waals surface area contributed by atoms with Crippen molar-refractivity contribution < 1.29 is 14.3 Å². The highest BCUT2D eigenvalue weighted by molar-refractivity contribution is 5.95. The second-order valence-electron chi connectivity index (χ2n) is 12.4. The van der Waals surface area contributed by atoms with Gasteiger partial charge in [-0.05, 0) is 75.2 Å². The van der Waals surface area contributed by atoms with Gasteiger partial charge < -0.3 is 24.6 Å². The number of carbonyl (C=O) groups is 1. The molecular formula is C32H38N6O3. The molecule has 2 saturated heterocycles. The van der Waals surface area contributed by atoms with Gasteiger partial charge in [0.15, 0.2) is 0 Å². The third kappa shape index (κ3) is 5.18. The quantitative estimate of drug-likeness (QED) is 0.500. The fourth-order valence-corrected chi connectivity index (χ4v) is 6.65. The molecule has 2 aromatic carbocycles. The molecular weight excluding hydrogens is 516 g/mol. The summed E-state index contributed by atoms with van der Waals surface area (Å²) in [5.41, 5.74) is 5.82. The van der Waals surface area contributed by atoms with Gasteiger partial charge in [0.25, 0.3) is 0 Å². The summed E-state index contributed by atoms with van der Waals surface area (Å²) in [5.74, 6) is 0. The summed E-state index contributed by atoms with van der Waals surface area (Å²) in [5, 5.41) is 13.6. The number of benzene rings is 2. The second-order valence-corrected chi connectivity index (χ2v) is 12.4. The molecule has 0 saturated carbocycles. The Morgan fingerprint density at radius 3 is 2.68 bits per heavy atom. The number of nitrogens with one attached hydrogen (secondary N) is 1. The van der Waals surface area contributed by atoms with Crippen LogP contribution in [0.3, 0.4) is 0 Å². The molecule has 0 unspecified atom stereocenters. The van der Waals surface area contributed by atoms with Crippen LogP contribution in [0, 0.1) is 11.3 Å². The minimum atomic E-state index is -0.548. The van der Waals surface area contributed by atoms with Crippen LogP contribution in [0.25, 0.3) is 10.9 Å². The first-order valence-corrected chi connectivity index (χ1v) is 14.3. The van der Waals surface area contributed by atoms with Gasteiger partial charge in [0, 0.05) is 68.8 Å². The van der Waals surface area contributed by atoms with Gasteiger partial charge >= 0.3 is 6.09 Å². The summed E-state index contributed by atoms with van der Waals surface area (Å²) in [6, 6.07) is 17.6. The first-order valence-electron chi connectivity index (χ1n) is 14.3. The first-order chi connectivity index (χ1) is 19.6. The molecule has 2 fully saturated rings. The van der Waals surface area contributed by atoms with E-state index in [4.69, 9.17) is 9.47 Å². The molecule has 3 aliphatic heterocycles. The van der Waals surface area contributed by atoms with Crippen LogP contribution in [-0.2, 0) is 16.0 Å². The first kappa shape index (κ1) is 27.3. The zero-order valence-electron chi connectivity index (χ0n) is 24.4. The molecule has 1 aromatic heterocycles. The van der Waals surface area contributed by atoms with Crippen molar-refractivity contribution in [2.75, 3.05) is 43.1 Å². The number of methoxy groups -OCH3 is 1. The van der Waals surface area contributed by atoms with E-state index in [1.54, 1.807) is 13.3 Å². The van der Waals surface area contributed by atoms with Crippen molar-refractivity contribution in [3.05, 3.63) is 65.4 Å². The summed E-state index contributed by atoms with van der Waals surface area (Å²) < 4.78 is 11.2. The van der Waals surface area contributed by atoms with Crippen molar-refractivity contribution in [2.24, 2.45) is 0 Å².